The van der Waals surface area contributed by atoms with E-state index in [0.29, 0.717) is 25.1 Å². The lowest BCUT2D eigenvalue weighted by Crippen LogP contribution is -2.39. The van der Waals surface area contributed by atoms with Crippen LogP contribution in [0.25, 0.3) is 0 Å². The van der Waals surface area contributed by atoms with Crippen LogP contribution in [-0.4, -0.2) is 47.5 Å². The van der Waals surface area contributed by atoms with Gasteiger partial charge >= 0.3 is 0 Å². The maximum atomic E-state index is 13.7. The molecule has 2 aliphatic heterocycles. The lowest BCUT2D eigenvalue weighted by molar-refractivity contribution is -0.134. The highest BCUT2D eigenvalue weighted by molar-refractivity contribution is 5.98. The first-order chi connectivity index (χ1) is 15.5. The van der Waals surface area contributed by atoms with E-state index in [1.54, 1.807) is 24.3 Å². The van der Waals surface area contributed by atoms with Gasteiger partial charge in [-0.05, 0) is 43.9 Å². The smallest absolute Gasteiger partial charge is 0.255 e. The molecule has 2 amide bonds. The molecule has 0 radical (unpaired) electrons. The quantitative estimate of drug-likeness (QED) is 0.720. The summed E-state index contributed by atoms with van der Waals surface area (Å²) in [5, 5.41) is 2.69. The van der Waals surface area contributed by atoms with Gasteiger partial charge in [0.15, 0.2) is 0 Å². The number of carbonyl (C=O) groups excluding carboxylic acids is 2. The van der Waals surface area contributed by atoms with E-state index in [9.17, 15) is 14.0 Å². The van der Waals surface area contributed by atoms with Crippen molar-refractivity contribution >= 4 is 17.6 Å². The predicted octanol–water partition coefficient (Wildman–Crippen LogP) is 3.01. The Bertz CT molecular complexity index is 969. The van der Waals surface area contributed by atoms with Gasteiger partial charge in [0, 0.05) is 43.4 Å². The number of nitrogens with one attached hydrogen (secondary N) is 1. The summed E-state index contributed by atoms with van der Waals surface area (Å²) in [6.45, 7) is 2.20. The number of aromatic nitrogens is 1. The highest BCUT2D eigenvalue weighted by Crippen LogP contribution is 2.29. The first-order valence-electron chi connectivity index (χ1n) is 11.2. The van der Waals surface area contributed by atoms with Crippen LogP contribution < -0.4 is 11.1 Å². The monoisotopic (exact) mass is 440 g/mol. The van der Waals surface area contributed by atoms with E-state index >= 15 is 0 Å². The van der Waals surface area contributed by atoms with Crippen LogP contribution in [0, 0.1) is 5.82 Å². The standard InChI is InChI=1S/C24H29FN4O3/c25-20-6-2-1-4-17(20)15-27-24(31)19-7-8-21(28-23(19)26)16-9-11-29(12-10-16)22(30)14-18-5-3-13-32-18/h1-2,4,6-8,16,18H,3,5,9-15H2,(H2,26,28)(H,27,31)/t18-/m1/s1. The molecule has 170 valence electrons. The molecule has 0 aliphatic carbocycles. The summed E-state index contributed by atoms with van der Waals surface area (Å²) in [7, 11) is 0. The number of benzene rings is 1. The molecule has 2 fully saturated rings. The molecule has 2 aromatic rings. The van der Waals surface area contributed by atoms with Crippen molar-refractivity contribution in [2.45, 2.75) is 50.7 Å². The molecular formula is C24H29FN4O3. The summed E-state index contributed by atoms with van der Waals surface area (Å²) in [4.78, 5) is 31.4. The number of hydrogen-bond acceptors (Lipinski definition) is 5. The zero-order valence-corrected chi connectivity index (χ0v) is 18.1. The number of ether oxygens (including phenoxy) is 1. The fourth-order valence-electron chi connectivity index (χ4n) is 4.38. The fraction of sp³-hybridized carbons (Fsp3) is 0.458. The maximum Gasteiger partial charge on any atom is 0.255 e. The SMILES string of the molecule is Nc1nc(C2CCN(C(=O)C[C@H]3CCCO3)CC2)ccc1C(=O)NCc1ccccc1F. The summed E-state index contributed by atoms with van der Waals surface area (Å²) in [5.41, 5.74) is 7.58. The second-order valence-corrected chi connectivity index (χ2v) is 8.44. The van der Waals surface area contributed by atoms with E-state index in [0.717, 1.165) is 38.0 Å². The Balaban J connectivity index is 1.30. The molecule has 0 bridgehead atoms. The van der Waals surface area contributed by atoms with Crippen LogP contribution in [0.5, 0.6) is 0 Å². The van der Waals surface area contributed by atoms with Gasteiger partial charge in [-0.2, -0.15) is 0 Å². The second kappa shape index (κ2) is 10.1. The first-order valence-corrected chi connectivity index (χ1v) is 11.2. The third-order valence-corrected chi connectivity index (χ3v) is 6.28. The number of pyridine rings is 1. The number of carbonyl (C=O) groups is 2. The lowest BCUT2D eigenvalue weighted by atomic mass is 9.92. The summed E-state index contributed by atoms with van der Waals surface area (Å²) in [5.74, 6) is -0.246. The van der Waals surface area contributed by atoms with E-state index in [1.807, 2.05) is 11.0 Å². The van der Waals surface area contributed by atoms with Crippen molar-refractivity contribution in [2.75, 3.05) is 25.4 Å². The van der Waals surface area contributed by atoms with Crippen molar-refractivity contribution in [1.82, 2.24) is 15.2 Å². The highest BCUT2D eigenvalue weighted by Gasteiger charge is 2.28. The molecule has 0 saturated carbocycles. The number of nitrogens with zero attached hydrogens (tertiary/aromatic N) is 2. The number of hydrogen-bond donors (Lipinski definition) is 2. The number of likely N-dealkylation sites (tertiary alicyclic amines) is 1. The summed E-state index contributed by atoms with van der Waals surface area (Å²) in [6.07, 6.45) is 4.15. The Labute approximate surface area is 187 Å². The van der Waals surface area contributed by atoms with E-state index < -0.39 is 0 Å². The number of rotatable bonds is 6. The number of nitrogens with two attached hydrogens (primary N) is 1. The second-order valence-electron chi connectivity index (χ2n) is 8.44. The average Bonchev–Trinajstić information content (AvgIpc) is 3.31. The molecule has 3 N–H and O–H groups in total. The van der Waals surface area contributed by atoms with Crippen LogP contribution >= 0.6 is 0 Å². The van der Waals surface area contributed by atoms with E-state index in [1.165, 1.54) is 6.07 Å². The van der Waals surface area contributed by atoms with Crippen molar-refractivity contribution in [2.24, 2.45) is 0 Å². The third kappa shape index (κ3) is 5.24. The van der Waals surface area contributed by atoms with Gasteiger partial charge in [0.1, 0.15) is 11.6 Å². The van der Waals surface area contributed by atoms with Crippen LogP contribution in [0.1, 0.15) is 59.6 Å². The van der Waals surface area contributed by atoms with Crippen LogP contribution in [0.3, 0.4) is 0 Å². The molecule has 1 aromatic heterocycles. The molecule has 2 saturated heterocycles. The topological polar surface area (TPSA) is 97.6 Å². The summed E-state index contributed by atoms with van der Waals surface area (Å²) in [6, 6.07) is 9.79. The van der Waals surface area contributed by atoms with Crippen molar-refractivity contribution < 1.29 is 18.7 Å². The Morgan fingerprint density at radius 2 is 1.94 bits per heavy atom. The van der Waals surface area contributed by atoms with Gasteiger partial charge in [0.2, 0.25) is 5.91 Å². The van der Waals surface area contributed by atoms with Crippen LogP contribution in [0.2, 0.25) is 0 Å². The fourth-order valence-corrected chi connectivity index (χ4v) is 4.38. The molecule has 7 nitrogen and oxygen atoms in total. The van der Waals surface area contributed by atoms with Crippen LogP contribution in [-0.2, 0) is 16.1 Å². The van der Waals surface area contributed by atoms with Gasteiger partial charge in [-0.3, -0.25) is 9.59 Å². The number of anilines is 1. The number of amides is 2. The van der Waals surface area contributed by atoms with Crippen LogP contribution in [0.15, 0.2) is 36.4 Å². The van der Waals surface area contributed by atoms with Crippen molar-refractivity contribution in [3.05, 3.63) is 59.0 Å². The normalized spacial score (nSPS) is 19.2. The van der Waals surface area contributed by atoms with Crippen molar-refractivity contribution in [3.8, 4) is 0 Å². The van der Waals surface area contributed by atoms with Gasteiger partial charge < -0.3 is 20.7 Å². The highest BCUT2D eigenvalue weighted by atomic mass is 19.1. The van der Waals surface area contributed by atoms with Crippen molar-refractivity contribution in [3.63, 3.8) is 0 Å². The van der Waals surface area contributed by atoms with Gasteiger partial charge in [0.25, 0.3) is 5.91 Å². The van der Waals surface area contributed by atoms with E-state index in [4.69, 9.17) is 10.5 Å². The van der Waals surface area contributed by atoms with Gasteiger partial charge in [-0.1, -0.05) is 18.2 Å². The Kier molecular flexibility index (Phi) is 6.99. The minimum absolute atomic E-state index is 0.0683. The molecule has 4 rings (SSSR count). The lowest BCUT2D eigenvalue weighted by Gasteiger charge is -2.32. The molecule has 2 aliphatic rings. The minimum Gasteiger partial charge on any atom is -0.383 e. The number of piperidine rings is 1. The number of nitrogen functional groups attached to an aromatic ring is 1. The summed E-state index contributed by atoms with van der Waals surface area (Å²) >= 11 is 0. The zero-order valence-electron chi connectivity index (χ0n) is 18.1. The molecule has 0 unspecified atom stereocenters. The number of halogens is 1. The Morgan fingerprint density at radius 1 is 1.16 bits per heavy atom. The van der Waals surface area contributed by atoms with Gasteiger partial charge in [-0.25, -0.2) is 9.37 Å². The Hall–Kier alpha value is -3.00. The zero-order chi connectivity index (χ0) is 22.5. The van der Waals surface area contributed by atoms with E-state index in [2.05, 4.69) is 10.3 Å². The van der Waals surface area contributed by atoms with Gasteiger partial charge in [0.05, 0.1) is 18.1 Å². The molecular weight excluding hydrogens is 411 g/mol. The van der Waals surface area contributed by atoms with Crippen LogP contribution in [0.4, 0.5) is 10.2 Å². The molecule has 8 heteroatoms. The summed E-state index contributed by atoms with van der Waals surface area (Å²) < 4.78 is 19.3. The average molecular weight is 441 g/mol. The predicted molar refractivity (Wildman–Crippen MR) is 118 cm³/mol. The molecule has 0 spiro atoms. The van der Waals surface area contributed by atoms with Gasteiger partial charge in [-0.15, -0.1) is 0 Å². The molecule has 1 atom stereocenters. The molecule has 3 heterocycles. The Morgan fingerprint density at radius 3 is 2.62 bits per heavy atom. The van der Waals surface area contributed by atoms with Crippen molar-refractivity contribution in [1.29, 1.82) is 0 Å². The first kappa shape index (κ1) is 22.2. The molecule has 32 heavy (non-hydrogen) atoms. The molecule has 1 aromatic carbocycles. The maximum absolute atomic E-state index is 13.7. The largest absolute Gasteiger partial charge is 0.383 e. The van der Waals surface area contributed by atoms with E-state index in [-0.39, 0.29) is 47.6 Å². The third-order valence-electron chi connectivity index (χ3n) is 6.28. The minimum atomic E-state index is -0.389.